The smallest absolute Gasteiger partial charge is 0.0603 e. The van der Waals surface area contributed by atoms with Crippen molar-refractivity contribution in [3.05, 3.63) is 34.4 Å². The summed E-state index contributed by atoms with van der Waals surface area (Å²) in [6.07, 6.45) is 0. The Morgan fingerprint density at radius 3 is 1.94 bits per heavy atom. The molecule has 100 valence electrons. The molecule has 0 aromatic heterocycles. The molecule has 1 aliphatic heterocycles. The number of hydrogen-bond donors (Lipinski definition) is 1. The number of nitrogens with one attached hydrogen (secondary N) is 1. The predicted octanol–water partition coefficient (Wildman–Crippen LogP) is 2.88. The van der Waals surface area contributed by atoms with Crippen LogP contribution in [0.1, 0.15) is 36.1 Å². The second-order valence-electron chi connectivity index (χ2n) is 6.22. The maximum atomic E-state index is 5.58. The van der Waals surface area contributed by atoms with Crippen LogP contribution in [0.5, 0.6) is 0 Å². The summed E-state index contributed by atoms with van der Waals surface area (Å²) < 4.78 is 5.58. The Bertz CT molecular complexity index is 435. The van der Waals surface area contributed by atoms with E-state index in [4.69, 9.17) is 4.74 Å². The molecule has 18 heavy (non-hydrogen) atoms. The quantitative estimate of drug-likeness (QED) is 0.887. The molecule has 0 bridgehead atoms. The van der Waals surface area contributed by atoms with E-state index in [1.165, 1.54) is 22.3 Å². The zero-order valence-corrected chi connectivity index (χ0v) is 12.5. The van der Waals surface area contributed by atoms with E-state index in [1.54, 1.807) is 0 Å². The lowest BCUT2D eigenvalue weighted by atomic mass is 9.63. The fourth-order valence-corrected chi connectivity index (χ4v) is 3.30. The Kier molecular flexibility index (Phi) is 3.28. The summed E-state index contributed by atoms with van der Waals surface area (Å²) in [6.45, 7) is 12.8. The maximum Gasteiger partial charge on any atom is 0.0603 e. The summed E-state index contributed by atoms with van der Waals surface area (Å²) in [7, 11) is 2.04. The number of hydrogen-bond acceptors (Lipinski definition) is 2. The van der Waals surface area contributed by atoms with Crippen LogP contribution in [0, 0.1) is 20.8 Å². The summed E-state index contributed by atoms with van der Waals surface area (Å²) in [4.78, 5) is 0. The lowest BCUT2D eigenvalue weighted by molar-refractivity contribution is -0.0997. The van der Waals surface area contributed by atoms with E-state index < -0.39 is 0 Å². The molecule has 2 heteroatoms. The van der Waals surface area contributed by atoms with E-state index in [0.717, 1.165) is 13.2 Å². The van der Waals surface area contributed by atoms with E-state index in [9.17, 15) is 0 Å². The van der Waals surface area contributed by atoms with E-state index in [0.29, 0.717) is 0 Å². The van der Waals surface area contributed by atoms with Crippen LogP contribution in [0.15, 0.2) is 12.1 Å². The SMILES string of the molecule is CNC(C)(C)C1(c2c(C)cc(C)cc2C)COC1. The van der Waals surface area contributed by atoms with Gasteiger partial charge in [0, 0.05) is 5.54 Å². The van der Waals surface area contributed by atoms with Crippen LogP contribution in [0.4, 0.5) is 0 Å². The molecule has 2 rings (SSSR count). The molecule has 1 heterocycles. The molecule has 1 aromatic rings. The fraction of sp³-hybridized carbons (Fsp3) is 0.625. The van der Waals surface area contributed by atoms with Gasteiger partial charge in [-0.3, -0.25) is 0 Å². The van der Waals surface area contributed by atoms with Crippen LogP contribution in [-0.4, -0.2) is 25.8 Å². The van der Waals surface area contributed by atoms with E-state index >= 15 is 0 Å². The first-order chi connectivity index (χ1) is 8.34. The average molecular weight is 247 g/mol. The summed E-state index contributed by atoms with van der Waals surface area (Å²) in [6, 6.07) is 4.57. The van der Waals surface area contributed by atoms with Crippen molar-refractivity contribution in [1.82, 2.24) is 5.32 Å². The number of ether oxygens (including phenoxy) is 1. The molecule has 2 nitrogen and oxygen atoms in total. The summed E-state index contributed by atoms with van der Waals surface area (Å²) in [5.41, 5.74) is 5.72. The minimum absolute atomic E-state index is 0.0377. The fourth-order valence-electron chi connectivity index (χ4n) is 3.30. The molecule has 0 atom stereocenters. The number of rotatable bonds is 3. The van der Waals surface area contributed by atoms with Gasteiger partial charge in [0.15, 0.2) is 0 Å². The number of aryl methyl sites for hydroxylation is 3. The van der Waals surface area contributed by atoms with Crippen LogP contribution >= 0.6 is 0 Å². The van der Waals surface area contributed by atoms with E-state index in [2.05, 4.69) is 52.1 Å². The predicted molar refractivity (Wildman–Crippen MR) is 76.3 cm³/mol. The van der Waals surface area contributed by atoms with Crippen LogP contribution in [0.25, 0.3) is 0 Å². The van der Waals surface area contributed by atoms with Crippen molar-refractivity contribution in [3.8, 4) is 0 Å². The Balaban J connectivity index is 2.59. The Morgan fingerprint density at radius 1 is 1.11 bits per heavy atom. The average Bonchev–Trinajstić information content (AvgIpc) is 2.19. The molecule has 0 radical (unpaired) electrons. The highest BCUT2D eigenvalue weighted by Gasteiger charge is 2.52. The molecule has 1 aliphatic rings. The second-order valence-corrected chi connectivity index (χ2v) is 6.22. The van der Waals surface area contributed by atoms with Gasteiger partial charge in [-0.25, -0.2) is 0 Å². The first kappa shape index (κ1) is 13.6. The van der Waals surface area contributed by atoms with Crippen molar-refractivity contribution in [1.29, 1.82) is 0 Å². The number of benzene rings is 1. The highest BCUT2D eigenvalue weighted by Crippen LogP contribution is 2.44. The van der Waals surface area contributed by atoms with Crippen molar-refractivity contribution in [2.24, 2.45) is 0 Å². The zero-order chi connectivity index (χ0) is 13.6. The third-order valence-electron chi connectivity index (χ3n) is 4.67. The van der Waals surface area contributed by atoms with Gasteiger partial charge in [-0.2, -0.15) is 0 Å². The first-order valence-electron chi connectivity index (χ1n) is 6.69. The third kappa shape index (κ3) is 1.79. The Morgan fingerprint density at radius 2 is 1.61 bits per heavy atom. The van der Waals surface area contributed by atoms with Gasteiger partial charge in [-0.05, 0) is 58.4 Å². The number of likely N-dealkylation sites (N-methyl/N-ethyl adjacent to an activating group) is 1. The van der Waals surface area contributed by atoms with Crippen molar-refractivity contribution in [2.45, 2.75) is 45.6 Å². The molecule has 1 N–H and O–H groups in total. The van der Waals surface area contributed by atoms with Crippen molar-refractivity contribution < 1.29 is 4.74 Å². The van der Waals surface area contributed by atoms with Crippen molar-refractivity contribution >= 4 is 0 Å². The van der Waals surface area contributed by atoms with Gasteiger partial charge in [0.25, 0.3) is 0 Å². The minimum atomic E-state index is 0.0377. The molecular weight excluding hydrogens is 222 g/mol. The summed E-state index contributed by atoms with van der Waals surface area (Å²) >= 11 is 0. The lowest BCUT2D eigenvalue weighted by Gasteiger charge is -2.54. The molecule has 0 amide bonds. The Labute approximate surface area is 111 Å². The molecule has 1 fully saturated rings. The van der Waals surface area contributed by atoms with E-state index in [1.807, 2.05) is 7.05 Å². The van der Waals surface area contributed by atoms with Gasteiger partial charge < -0.3 is 10.1 Å². The largest absolute Gasteiger partial charge is 0.379 e. The zero-order valence-electron chi connectivity index (χ0n) is 12.5. The highest BCUT2D eigenvalue weighted by atomic mass is 16.5. The summed E-state index contributed by atoms with van der Waals surface area (Å²) in [5, 5.41) is 3.47. The van der Waals surface area contributed by atoms with Crippen molar-refractivity contribution in [3.63, 3.8) is 0 Å². The maximum absolute atomic E-state index is 5.58. The van der Waals surface area contributed by atoms with Gasteiger partial charge in [0.05, 0.1) is 18.6 Å². The molecular formula is C16H25NO. The topological polar surface area (TPSA) is 21.3 Å². The molecule has 1 saturated heterocycles. The molecule has 0 spiro atoms. The summed E-state index contributed by atoms with van der Waals surface area (Å²) in [5.74, 6) is 0. The monoisotopic (exact) mass is 247 g/mol. The highest BCUT2D eigenvalue weighted by molar-refractivity contribution is 5.46. The van der Waals surface area contributed by atoms with Crippen LogP contribution < -0.4 is 5.32 Å². The van der Waals surface area contributed by atoms with Gasteiger partial charge in [0.2, 0.25) is 0 Å². The van der Waals surface area contributed by atoms with Crippen LogP contribution in [0.3, 0.4) is 0 Å². The van der Waals surface area contributed by atoms with Gasteiger partial charge in [-0.15, -0.1) is 0 Å². The molecule has 0 unspecified atom stereocenters. The lowest BCUT2D eigenvalue weighted by Crippen LogP contribution is -2.66. The van der Waals surface area contributed by atoms with Crippen LogP contribution in [-0.2, 0) is 10.2 Å². The molecule has 1 aromatic carbocycles. The van der Waals surface area contributed by atoms with Gasteiger partial charge in [0.1, 0.15) is 0 Å². The first-order valence-corrected chi connectivity index (χ1v) is 6.69. The van der Waals surface area contributed by atoms with Crippen molar-refractivity contribution in [2.75, 3.05) is 20.3 Å². The Hall–Kier alpha value is -0.860. The minimum Gasteiger partial charge on any atom is -0.379 e. The van der Waals surface area contributed by atoms with Gasteiger partial charge >= 0.3 is 0 Å². The molecule has 0 saturated carbocycles. The third-order valence-corrected chi connectivity index (χ3v) is 4.67. The second kappa shape index (κ2) is 4.36. The van der Waals surface area contributed by atoms with Crippen LogP contribution in [0.2, 0.25) is 0 Å². The van der Waals surface area contributed by atoms with E-state index in [-0.39, 0.29) is 11.0 Å². The molecule has 0 aliphatic carbocycles. The van der Waals surface area contributed by atoms with Gasteiger partial charge in [-0.1, -0.05) is 17.7 Å². The normalized spacial score (nSPS) is 18.6. The standard InChI is InChI=1S/C16H25NO/c1-11-7-12(2)14(13(3)8-11)16(9-18-10-16)15(4,5)17-6/h7-8,17H,9-10H2,1-6H3.